The van der Waals surface area contributed by atoms with E-state index < -0.39 is 0 Å². The van der Waals surface area contributed by atoms with Crippen LogP contribution in [0.25, 0.3) is 22.4 Å². The van der Waals surface area contributed by atoms with Gasteiger partial charge in [0, 0.05) is 11.6 Å². The normalized spacial score (nSPS) is 14.7. The van der Waals surface area contributed by atoms with Crippen LogP contribution in [0.15, 0.2) is 48.5 Å². The Morgan fingerprint density at radius 3 is 2.52 bits per heavy atom. The van der Waals surface area contributed by atoms with Crippen LogP contribution in [0.5, 0.6) is 0 Å². The lowest BCUT2D eigenvalue weighted by atomic mass is 10.1. The van der Waals surface area contributed by atoms with Gasteiger partial charge in [-0.1, -0.05) is 36.4 Å². The number of hydrogen-bond acceptors (Lipinski definition) is 2. The summed E-state index contributed by atoms with van der Waals surface area (Å²) in [6.07, 6.45) is 3.45. The SMILES string of the molecule is NCCc1ccc(-c2nc3ccccc3n2C2CC2)cc1. The predicted molar refractivity (Wildman–Crippen MR) is 86.2 cm³/mol. The molecule has 0 atom stereocenters. The molecule has 0 unspecified atom stereocenters. The highest BCUT2D eigenvalue weighted by molar-refractivity contribution is 5.81. The molecule has 2 aromatic carbocycles. The summed E-state index contributed by atoms with van der Waals surface area (Å²) in [6, 6.07) is 17.7. The van der Waals surface area contributed by atoms with Gasteiger partial charge in [-0.05, 0) is 43.5 Å². The van der Waals surface area contributed by atoms with Crippen LogP contribution in [0.4, 0.5) is 0 Å². The van der Waals surface area contributed by atoms with Crippen molar-refractivity contribution in [3.63, 3.8) is 0 Å². The van der Waals surface area contributed by atoms with Gasteiger partial charge >= 0.3 is 0 Å². The number of nitrogens with zero attached hydrogens (tertiary/aromatic N) is 2. The molecule has 0 radical (unpaired) electrons. The highest BCUT2D eigenvalue weighted by atomic mass is 15.1. The van der Waals surface area contributed by atoms with E-state index in [4.69, 9.17) is 10.7 Å². The summed E-state index contributed by atoms with van der Waals surface area (Å²) in [6.45, 7) is 0.694. The average Bonchev–Trinajstić information content (AvgIpc) is 3.28. The van der Waals surface area contributed by atoms with Crippen LogP contribution in [-0.2, 0) is 6.42 Å². The van der Waals surface area contributed by atoms with Gasteiger partial charge in [0.25, 0.3) is 0 Å². The van der Waals surface area contributed by atoms with Gasteiger partial charge < -0.3 is 10.3 Å². The van der Waals surface area contributed by atoms with Crippen LogP contribution in [0.2, 0.25) is 0 Å². The Balaban J connectivity index is 1.83. The van der Waals surface area contributed by atoms with E-state index in [0.29, 0.717) is 12.6 Å². The van der Waals surface area contributed by atoms with Crippen molar-refractivity contribution in [2.45, 2.75) is 25.3 Å². The minimum Gasteiger partial charge on any atom is -0.330 e. The molecule has 0 amide bonds. The number of nitrogens with two attached hydrogens (primary N) is 1. The maximum absolute atomic E-state index is 5.62. The van der Waals surface area contributed by atoms with Crippen LogP contribution in [0, 0.1) is 0 Å². The van der Waals surface area contributed by atoms with Gasteiger partial charge in [0.1, 0.15) is 5.82 Å². The first-order valence-corrected chi connectivity index (χ1v) is 7.63. The summed E-state index contributed by atoms with van der Waals surface area (Å²) in [4.78, 5) is 4.86. The minimum atomic E-state index is 0.621. The molecule has 1 fully saturated rings. The molecule has 1 saturated carbocycles. The summed E-state index contributed by atoms with van der Waals surface area (Å²) in [7, 11) is 0. The molecule has 1 aliphatic rings. The Labute approximate surface area is 124 Å². The standard InChI is InChI=1S/C18H19N3/c19-12-11-13-5-7-14(8-6-13)18-20-16-3-1-2-4-17(16)21(18)15-9-10-15/h1-8,15H,9-12,19H2. The minimum absolute atomic E-state index is 0.621. The molecule has 0 spiro atoms. The van der Waals surface area contributed by atoms with Gasteiger partial charge in [0.05, 0.1) is 11.0 Å². The Kier molecular flexibility index (Phi) is 3.00. The predicted octanol–water partition coefficient (Wildman–Crippen LogP) is 3.54. The summed E-state index contributed by atoms with van der Waals surface area (Å²) < 4.78 is 2.41. The monoisotopic (exact) mass is 277 g/mol. The maximum Gasteiger partial charge on any atom is 0.141 e. The molecule has 4 rings (SSSR count). The highest BCUT2D eigenvalue weighted by Crippen LogP contribution is 2.41. The van der Waals surface area contributed by atoms with Crippen molar-refractivity contribution < 1.29 is 0 Å². The van der Waals surface area contributed by atoms with Crippen LogP contribution in [-0.4, -0.2) is 16.1 Å². The number of hydrogen-bond donors (Lipinski definition) is 1. The molecule has 106 valence electrons. The lowest BCUT2D eigenvalue weighted by Gasteiger charge is -2.08. The van der Waals surface area contributed by atoms with E-state index in [1.54, 1.807) is 0 Å². The van der Waals surface area contributed by atoms with Crippen molar-refractivity contribution >= 4 is 11.0 Å². The van der Waals surface area contributed by atoms with Crippen LogP contribution < -0.4 is 5.73 Å². The smallest absolute Gasteiger partial charge is 0.141 e. The second-order valence-corrected chi connectivity index (χ2v) is 5.76. The summed E-state index contributed by atoms with van der Waals surface area (Å²) >= 11 is 0. The number of para-hydroxylation sites is 2. The van der Waals surface area contributed by atoms with Gasteiger partial charge in [0.2, 0.25) is 0 Å². The van der Waals surface area contributed by atoms with E-state index in [1.807, 2.05) is 0 Å². The van der Waals surface area contributed by atoms with E-state index in [9.17, 15) is 0 Å². The average molecular weight is 277 g/mol. The first kappa shape index (κ1) is 12.6. The molecule has 0 aliphatic heterocycles. The molecule has 1 heterocycles. The van der Waals surface area contributed by atoms with Crippen molar-refractivity contribution in [3.8, 4) is 11.4 Å². The Morgan fingerprint density at radius 2 is 1.81 bits per heavy atom. The van der Waals surface area contributed by atoms with Crippen molar-refractivity contribution in [3.05, 3.63) is 54.1 Å². The lowest BCUT2D eigenvalue weighted by molar-refractivity contribution is 0.775. The summed E-state index contributed by atoms with van der Waals surface area (Å²) in [5, 5.41) is 0. The molecule has 1 aromatic heterocycles. The van der Waals surface area contributed by atoms with Crippen LogP contribution >= 0.6 is 0 Å². The fourth-order valence-corrected chi connectivity index (χ4v) is 2.94. The Hall–Kier alpha value is -2.13. The van der Waals surface area contributed by atoms with Crippen LogP contribution in [0.1, 0.15) is 24.4 Å². The number of imidazole rings is 1. The third-order valence-electron chi connectivity index (χ3n) is 4.15. The molecule has 21 heavy (non-hydrogen) atoms. The number of benzene rings is 2. The lowest BCUT2D eigenvalue weighted by Crippen LogP contribution is -2.02. The van der Waals surface area contributed by atoms with Crippen molar-refractivity contribution in [2.24, 2.45) is 5.73 Å². The Morgan fingerprint density at radius 1 is 1.05 bits per heavy atom. The quantitative estimate of drug-likeness (QED) is 0.792. The maximum atomic E-state index is 5.62. The molecule has 3 nitrogen and oxygen atoms in total. The van der Waals surface area contributed by atoms with Gasteiger partial charge in [0.15, 0.2) is 0 Å². The number of fused-ring (bicyclic) bond motifs is 1. The number of aromatic nitrogens is 2. The first-order chi connectivity index (χ1) is 10.4. The molecule has 1 aliphatic carbocycles. The highest BCUT2D eigenvalue weighted by Gasteiger charge is 2.28. The largest absolute Gasteiger partial charge is 0.330 e. The summed E-state index contributed by atoms with van der Waals surface area (Å²) in [5.41, 5.74) is 10.4. The van der Waals surface area contributed by atoms with E-state index in [1.165, 1.54) is 29.5 Å². The molecule has 3 heteroatoms. The van der Waals surface area contributed by atoms with Crippen LogP contribution in [0.3, 0.4) is 0 Å². The van der Waals surface area contributed by atoms with Crippen molar-refractivity contribution in [1.82, 2.24) is 9.55 Å². The fourth-order valence-electron chi connectivity index (χ4n) is 2.94. The zero-order valence-electron chi connectivity index (χ0n) is 12.0. The third kappa shape index (κ3) is 2.24. The van der Waals surface area contributed by atoms with Gasteiger partial charge in [-0.3, -0.25) is 0 Å². The van der Waals surface area contributed by atoms with Gasteiger partial charge in [-0.25, -0.2) is 4.98 Å². The molecular formula is C18H19N3. The molecule has 0 bridgehead atoms. The van der Waals surface area contributed by atoms with Crippen molar-refractivity contribution in [2.75, 3.05) is 6.54 Å². The fraction of sp³-hybridized carbons (Fsp3) is 0.278. The summed E-state index contributed by atoms with van der Waals surface area (Å²) in [5.74, 6) is 1.10. The van der Waals surface area contributed by atoms with Gasteiger partial charge in [-0.15, -0.1) is 0 Å². The van der Waals surface area contributed by atoms with Gasteiger partial charge in [-0.2, -0.15) is 0 Å². The molecule has 3 aromatic rings. The second kappa shape index (κ2) is 5.01. The van der Waals surface area contributed by atoms with E-state index in [2.05, 4.69) is 53.1 Å². The van der Waals surface area contributed by atoms with E-state index in [0.717, 1.165) is 17.8 Å². The molecular weight excluding hydrogens is 258 g/mol. The Bertz CT molecular complexity index is 767. The van der Waals surface area contributed by atoms with E-state index in [-0.39, 0.29) is 0 Å². The third-order valence-corrected chi connectivity index (χ3v) is 4.15. The first-order valence-electron chi connectivity index (χ1n) is 7.63. The zero-order chi connectivity index (χ0) is 14.2. The second-order valence-electron chi connectivity index (χ2n) is 5.76. The number of rotatable bonds is 4. The van der Waals surface area contributed by atoms with Crippen molar-refractivity contribution in [1.29, 1.82) is 0 Å². The zero-order valence-corrected chi connectivity index (χ0v) is 12.0. The molecule has 0 saturated heterocycles. The molecule has 2 N–H and O–H groups in total. The topological polar surface area (TPSA) is 43.8 Å². The van der Waals surface area contributed by atoms with E-state index >= 15 is 0 Å².